The number of likely N-dealkylation sites (tertiary alicyclic amines) is 1. The molecule has 0 radical (unpaired) electrons. The van der Waals surface area contributed by atoms with E-state index in [0.717, 1.165) is 79.9 Å². The van der Waals surface area contributed by atoms with Crippen molar-refractivity contribution in [2.45, 2.75) is 82.1 Å². The lowest BCUT2D eigenvalue weighted by Gasteiger charge is -2.48. The van der Waals surface area contributed by atoms with Crippen molar-refractivity contribution < 1.29 is 33.8 Å². The molecule has 3 fully saturated rings. The highest BCUT2D eigenvalue weighted by Crippen LogP contribution is 2.48. The Morgan fingerprint density at radius 2 is 1.57 bits per heavy atom. The van der Waals surface area contributed by atoms with Crippen LogP contribution in [-0.4, -0.2) is 102 Å². The van der Waals surface area contributed by atoms with Gasteiger partial charge >= 0.3 is 0 Å². The second kappa shape index (κ2) is 16.0. The smallest absolute Gasteiger partial charge is 0.255 e. The van der Waals surface area contributed by atoms with E-state index in [2.05, 4.69) is 63.6 Å². The van der Waals surface area contributed by atoms with Crippen molar-refractivity contribution >= 4 is 29.3 Å². The van der Waals surface area contributed by atoms with E-state index in [1.165, 1.54) is 16.8 Å². The lowest BCUT2D eigenvalue weighted by Crippen LogP contribution is -2.55. The molecule has 10 rings (SSSR count). The molecule has 2 N–H and O–H groups in total. The van der Waals surface area contributed by atoms with Crippen molar-refractivity contribution in [3.63, 3.8) is 0 Å². The van der Waals surface area contributed by atoms with Gasteiger partial charge in [0.2, 0.25) is 17.7 Å². The fraction of sp³-hybridized carbons (Fsp3) is 0.429. The van der Waals surface area contributed by atoms with Gasteiger partial charge in [-0.2, -0.15) is 0 Å². The molecule has 1 spiro atoms. The van der Waals surface area contributed by atoms with Crippen LogP contribution in [0.15, 0.2) is 84.9 Å². The van der Waals surface area contributed by atoms with Gasteiger partial charge in [-0.05, 0) is 103 Å². The first kappa shape index (κ1) is 39.4. The summed E-state index contributed by atoms with van der Waals surface area (Å²) in [5.41, 5.74) is 8.52. The zero-order chi connectivity index (χ0) is 41.8. The number of ether oxygens (including phenoxy) is 2. The van der Waals surface area contributed by atoms with Gasteiger partial charge in [-0.1, -0.05) is 54.6 Å². The summed E-state index contributed by atoms with van der Waals surface area (Å²) in [5, 5.41) is 12.6. The summed E-state index contributed by atoms with van der Waals surface area (Å²) < 4.78 is 11.9. The second-order valence-corrected chi connectivity index (χ2v) is 18.0. The number of carbonyl (C=O) groups excluding carboxylic acids is 4. The lowest BCUT2D eigenvalue weighted by atomic mass is 9.71. The number of amides is 4. The van der Waals surface area contributed by atoms with Crippen molar-refractivity contribution in [2.75, 3.05) is 51.4 Å². The van der Waals surface area contributed by atoms with Crippen LogP contribution in [-0.2, 0) is 38.8 Å². The SMILES string of the molecule is COC[C@H](C(=O)N1Cc2cc3c(cc2C1)C(=O)N(C1CCC(=O)NC1=O)C3)N1CCC2(CCN(c3ccc([C@@H]4c5ccc(O)cc5OC[C@@H]4c4ccccc4)cc3)CC2)CC1. The summed E-state index contributed by atoms with van der Waals surface area (Å²) in [4.78, 5) is 60.2. The van der Waals surface area contributed by atoms with Crippen molar-refractivity contribution in [1.82, 2.24) is 20.0 Å². The van der Waals surface area contributed by atoms with E-state index < -0.39 is 11.9 Å². The van der Waals surface area contributed by atoms with E-state index in [0.29, 0.717) is 44.8 Å². The van der Waals surface area contributed by atoms with E-state index >= 15 is 0 Å². The van der Waals surface area contributed by atoms with Crippen molar-refractivity contribution in [3.05, 3.63) is 124 Å². The number of methoxy groups -OCH3 is 1. The van der Waals surface area contributed by atoms with Gasteiger partial charge < -0.3 is 29.3 Å². The summed E-state index contributed by atoms with van der Waals surface area (Å²) in [5.74, 6) is 0.369. The number of benzene rings is 4. The summed E-state index contributed by atoms with van der Waals surface area (Å²) in [6.45, 7) is 5.79. The number of nitrogens with one attached hydrogen (secondary N) is 1. The van der Waals surface area contributed by atoms with Crippen LogP contribution < -0.4 is 15.0 Å². The maximum Gasteiger partial charge on any atom is 0.255 e. The van der Waals surface area contributed by atoms with Crippen LogP contribution >= 0.6 is 0 Å². The van der Waals surface area contributed by atoms with Gasteiger partial charge in [-0.25, -0.2) is 0 Å². The quantitative estimate of drug-likeness (QED) is 0.215. The highest BCUT2D eigenvalue weighted by atomic mass is 16.5. The molecule has 4 aromatic rings. The molecule has 6 aliphatic heterocycles. The van der Waals surface area contributed by atoms with Crippen LogP contribution in [0.5, 0.6) is 11.5 Å². The Hall–Kier alpha value is -5.72. The number of hydrogen-bond acceptors (Lipinski definition) is 9. The minimum Gasteiger partial charge on any atom is -0.508 e. The number of carbonyl (C=O) groups is 4. The molecular formula is C49H53N5O7. The zero-order valence-electron chi connectivity index (χ0n) is 34.7. The minimum absolute atomic E-state index is 0.0569. The van der Waals surface area contributed by atoms with Crippen molar-refractivity contribution in [2.24, 2.45) is 5.41 Å². The van der Waals surface area contributed by atoms with E-state index in [-0.39, 0.29) is 53.2 Å². The number of phenols is 1. The Bertz CT molecular complexity index is 2350. The molecule has 0 aliphatic carbocycles. The average molecular weight is 824 g/mol. The highest BCUT2D eigenvalue weighted by molar-refractivity contribution is 6.05. The average Bonchev–Trinajstić information content (AvgIpc) is 3.84. The molecular weight excluding hydrogens is 771 g/mol. The van der Waals surface area contributed by atoms with Gasteiger partial charge in [0.25, 0.3) is 5.91 Å². The molecule has 0 saturated carbocycles. The maximum absolute atomic E-state index is 14.2. The monoisotopic (exact) mass is 823 g/mol. The lowest BCUT2D eigenvalue weighted by molar-refractivity contribution is -0.141. The number of phenolic OH excluding ortho intramolecular Hbond substituents is 1. The summed E-state index contributed by atoms with van der Waals surface area (Å²) in [6.07, 6.45) is 4.88. The Morgan fingerprint density at radius 1 is 0.852 bits per heavy atom. The third kappa shape index (κ3) is 7.33. The number of hydrogen-bond donors (Lipinski definition) is 2. The topological polar surface area (TPSA) is 132 Å². The normalized spacial score (nSPS) is 23.9. The summed E-state index contributed by atoms with van der Waals surface area (Å²) >= 11 is 0. The number of anilines is 1. The third-order valence-electron chi connectivity index (χ3n) is 14.6. The maximum atomic E-state index is 14.2. The van der Waals surface area contributed by atoms with Crippen LogP contribution in [0, 0.1) is 5.41 Å². The van der Waals surface area contributed by atoms with Gasteiger partial charge in [0.1, 0.15) is 23.6 Å². The molecule has 4 amide bonds. The first-order chi connectivity index (χ1) is 29.7. The molecule has 3 saturated heterocycles. The van der Waals surface area contributed by atoms with Gasteiger partial charge in [-0.15, -0.1) is 0 Å². The predicted octanol–water partition coefficient (Wildman–Crippen LogP) is 5.70. The number of fused-ring (bicyclic) bond motifs is 3. The number of piperidine rings is 3. The van der Waals surface area contributed by atoms with Gasteiger partial charge in [0, 0.05) is 81.0 Å². The van der Waals surface area contributed by atoms with E-state index in [1.54, 1.807) is 24.1 Å². The van der Waals surface area contributed by atoms with Crippen LogP contribution in [0.4, 0.5) is 5.69 Å². The molecule has 0 aromatic heterocycles. The summed E-state index contributed by atoms with van der Waals surface area (Å²) in [7, 11) is 1.66. The Labute approximate surface area is 356 Å². The first-order valence-electron chi connectivity index (χ1n) is 21.8. The molecule has 6 aliphatic rings. The zero-order valence-corrected chi connectivity index (χ0v) is 34.7. The highest BCUT2D eigenvalue weighted by Gasteiger charge is 2.44. The number of nitrogens with zero attached hydrogens (tertiary/aromatic N) is 4. The predicted molar refractivity (Wildman–Crippen MR) is 228 cm³/mol. The molecule has 6 heterocycles. The van der Waals surface area contributed by atoms with E-state index in [9.17, 15) is 24.3 Å². The van der Waals surface area contributed by atoms with E-state index in [4.69, 9.17) is 9.47 Å². The van der Waals surface area contributed by atoms with Crippen LogP contribution in [0.3, 0.4) is 0 Å². The largest absolute Gasteiger partial charge is 0.508 e. The first-order valence-corrected chi connectivity index (χ1v) is 21.8. The van der Waals surface area contributed by atoms with Crippen molar-refractivity contribution in [1.29, 1.82) is 0 Å². The summed E-state index contributed by atoms with van der Waals surface area (Å²) in [6, 6.07) is 28.0. The van der Waals surface area contributed by atoms with Gasteiger partial charge in [0.05, 0.1) is 13.2 Å². The molecule has 316 valence electrons. The van der Waals surface area contributed by atoms with Gasteiger partial charge in [-0.3, -0.25) is 29.4 Å². The Balaban J connectivity index is 0.756. The van der Waals surface area contributed by atoms with Crippen LogP contribution in [0.2, 0.25) is 0 Å². The third-order valence-corrected chi connectivity index (χ3v) is 14.6. The standard InChI is InChI=1S/C49H53N5O7/c1-60-30-42(48(59)53-26-33-23-35-28-54(41-13-14-44(56)50-46(41)57)47(58)39(35)24-34(33)27-53)52-21-17-49(18-22-52)15-19-51(20-16-49)36-9-7-32(8-10-36)45-38-12-11-37(55)25-43(38)61-29-40(45)31-5-3-2-4-6-31/h2-12,23-25,40-42,45,55H,13-22,26-30H2,1H3,(H,50,56,57)/t40-,41?,42-,45-/m1/s1. The molecule has 61 heavy (non-hydrogen) atoms. The molecule has 1 unspecified atom stereocenters. The fourth-order valence-corrected chi connectivity index (χ4v) is 11.1. The molecule has 12 heteroatoms. The number of rotatable bonds is 8. The Kier molecular flexibility index (Phi) is 10.3. The second-order valence-electron chi connectivity index (χ2n) is 18.0. The number of imide groups is 1. The molecule has 4 atom stereocenters. The van der Waals surface area contributed by atoms with Crippen molar-refractivity contribution in [3.8, 4) is 11.5 Å². The fourth-order valence-electron chi connectivity index (χ4n) is 11.1. The Morgan fingerprint density at radius 3 is 2.30 bits per heavy atom. The van der Waals surface area contributed by atoms with Crippen LogP contribution in [0.25, 0.3) is 0 Å². The van der Waals surface area contributed by atoms with Crippen LogP contribution in [0.1, 0.15) is 94.1 Å². The van der Waals surface area contributed by atoms with E-state index in [1.807, 2.05) is 29.2 Å². The van der Waals surface area contributed by atoms with Gasteiger partial charge in [0.15, 0.2) is 0 Å². The molecule has 0 bridgehead atoms. The minimum atomic E-state index is -0.649. The molecule has 12 nitrogen and oxygen atoms in total. The number of aromatic hydroxyl groups is 1. The molecule has 4 aromatic carbocycles.